The van der Waals surface area contributed by atoms with Gasteiger partial charge in [0.1, 0.15) is 0 Å². The van der Waals surface area contributed by atoms with Crippen LogP contribution < -0.4 is 5.62 Å². The summed E-state index contributed by atoms with van der Waals surface area (Å²) in [6.07, 6.45) is 0. The summed E-state index contributed by atoms with van der Waals surface area (Å²) in [7, 11) is 0. The Bertz CT molecular complexity index is 1390. The van der Waals surface area contributed by atoms with Crippen molar-refractivity contribution in [3.05, 3.63) is 105 Å². The van der Waals surface area contributed by atoms with Crippen LogP contribution in [0.4, 0.5) is 5.69 Å². The van der Waals surface area contributed by atoms with Crippen molar-refractivity contribution >= 4 is 22.5 Å². The largest absolute Gasteiger partial charge is 0.306 e. The van der Waals surface area contributed by atoms with Crippen LogP contribution in [0.25, 0.3) is 11.0 Å². The third-order valence-electron chi connectivity index (χ3n) is 5.84. The van der Waals surface area contributed by atoms with Gasteiger partial charge in [-0.1, -0.05) is 57.2 Å². The summed E-state index contributed by atoms with van der Waals surface area (Å²) in [5.74, 6) is -0.208. The quantitative estimate of drug-likeness (QED) is 0.257. The zero-order chi connectivity index (χ0) is 23.8. The van der Waals surface area contributed by atoms with Gasteiger partial charge < -0.3 is 9.13 Å². The van der Waals surface area contributed by atoms with Gasteiger partial charge in [0.25, 0.3) is 5.69 Å². The van der Waals surface area contributed by atoms with E-state index in [1.54, 1.807) is 4.57 Å². The van der Waals surface area contributed by atoms with Crippen molar-refractivity contribution in [1.82, 2.24) is 9.13 Å². The molecule has 0 aliphatic rings. The molecule has 3 aromatic carbocycles. The summed E-state index contributed by atoms with van der Waals surface area (Å²) in [6, 6.07) is 21.6. The maximum absolute atomic E-state index is 12.9. The molecule has 0 bridgehead atoms. The van der Waals surface area contributed by atoms with Crippen molar-refractivity contribution in [1.29, 1.82) is 5.41 Å². The molecule has 0 amide bonds. The Morgan fingerprint density at radius 3 is 2.03 bits per heavy atom. The minimum atomic E-state index is -0.493. The highest BCUT2D eigenvalue weighted by Crippen LogP contribution is 2.23. The van der Waals surface area contributed by atoms with Crippen LogP contribution in [-0.2, 0) is 18.5 Å². The summed E-state index contributed by atoms with van der Waals surface area (Å²) in [5, 5.41) is 19.7. The molecule has 0 spiro atoms. The number of nitrogens with one attached hydrogen (secondary N) is 1. The molecule has 0 atom stereocenters. The number of carbonyl (C=O) groups excluding carboxylic acids is 1. The Kier molecular flexibility index (Phi) is 5.72. The van der Waals surface area contributed by atoms with Crippen molar-refractivity contribution in [3.63, 3.8) is 0 Å². The normalized spacial score (nSPS) is 11.6. The van der Waals surface area contributed by atoms with Gasteiger partial charge in [-0.25, -0.2) is 0 Å². The predicted octanol–water partition coefficient (Wildman–Crippen LogP) is 5.06. The number of aromatic nitrogens is 2. The monoisotopic (exact) mass is 442 g/mol. The second-order valence-corrected chi connectivity index (χ2v) is 9.16. The number of rotatable bonds is 6. The first kappa shape index (κ1) is 22.2. The van der Waals surface area contributed by atoms with Crippen molar-refractivity contribution in [3.8, 4) is 0 Å². The fourth-order valence-electron chi connectivity index (χ4n) is 3.91. The third kappa shape index (κ3) is 4.48. The number of para-hydroxylation sites is 2. The molecular weight excluding hydrogens is 416 g/mol. The average molecular weight is 443 g/mol. The molecule has 33 heavy (non-hydrogen) atoms. The van der Waals surface area contributed by atoms with E-state index in [2.05, 4.69) is 45.0 Å². The van der Waals surface area contributed by atoms with Gasteiger partial charge in [-0.3, -0.25) is 20.3 Å². The molecule has 0 aliphatic heterocycles. The first-order valence-electron chi connectivity index (χ1n) is 10.7. The molecule has 0 saturated carbocycles. The van der Waals surface area contributed by atoms with Crippen LogP contribution in [0.5, 0.6) is 0 Å². The second kappa shape index (κ2) is 8.50. The Balaban J connectivity index is 1.66. The number of benzene rings is 3. The maximum Gasteiger partial charge on any atom is 0.269 e. The summed E-state index contributed by atoms with van der Waals surface area (Å²) in [4.78, 5) is 23.3. The highest BCUT2D eigenvalue weighted by atomic mass is 16.6. The van der Waals surface area contributed by atoms with Crippen molar-refractivity contribution < 1.29 is 9.72 Å². The van der Waals surface area contributed by atoms with Gasteiger partial charge in [0.2, 0.25) is 5.62 Å². The zero-order valence-corrected chi connectivity index (χ0v) is 18.9. The third-order valence-corrected chi connectivity index (χ3v) is 5.84. The van der Waals surface area contributed by atoms with Gasteiger partial charge in [-0.2, -0.15) is 0 Å². The molecule has 1 N–H and O–H groups in total. The van der Waals surface area contributed by atoms with E-state index in [0.29, 0.717) is 12.1 Å². The van der Waals surface area contributed by atoms with E-state index in [4.69, 9.17) is 5.41 Å². The number of carbonyl (C=O) groups is 1. The summed E-state index contributed by atoms with van der Waals surface area (Å²) >= 11 is 0. The van der Waals surface area contributed by atoms with Crippen LogP contribution in [0.2, 0.25) is 0 Å². The van der Waals surface area contributed by atoms with Crippen molar-refractivity contribution in [2.75, 3.05) is 0 Å². The van der Waals surface area contributed by atoms with Gasteiger partial charge in [0.15, 0.2) is 5.78 Å². The topological polar surface area (TPSA) is 93.9 Å². The molecule has 168 valence electrons. The highest BCUT2D eigenvalue weighted by Gasteiger charge is 2.17. The van der Waals surface area contributed by atoms with Gasteiger partial charge in [0.05, 0.1) is 29.0 Å². The van der Waals surface area contributed by atoms with Crippen LogP contribution in [0.3, 0.4) is 0 Å². The van der Waals surface area contributed by atoms with Crippen molar-refractivity contribution in [2.24, 2.45) is 0 Å². The van der Waals surface area contributed by atoms with Gasteiger partial charge in [-0.15, -0.1) is 0 Å². The molecule has 0 radical (unpaired) electrons. The number of ketones is 1. The van der Waals surface area contributed by atoms with E-state index in [1.807, 2.05) is 28.8 Å². The van der Waals surface area contributed by atoms with Crippen molar-refractivity contribution in [2.45, 2.75) is 39.3 Å². The lowest BCUT2D eigenvalue weighted by Crippen LogP contribution is -2.27. The van der Waals surface area contributed by atoms with E-state index >= 15 is 0 Å². The number of hydrogen-bond acceptors (Lipinski definition) is 4. The number of hydrogen-bond donors (Lipinski definition) is 1. The number of imidazole rings is 1. The van der Waals surface area contributed by atoms with Crippen LogP contribution in [0.1, 0.15) is 42.3 Å². The Morgan fingerprint density at radius 1 is 0.909 bits per heavy atom. The lowest BCUT2D eigenvalue weighted by atomic mass is 9.87. The molecule has 7 heteroatoms. The molecule has 0 unspecified atom stereocenters. The van der Waals surface area contributed by atoms with Gasteiger partial charge in [-0.05, 0) is 40.8 Å². The molecule has 4 rings (SSSR count). The fourth-order valence-corrected chi connectivity index (χ4v) is 3.91. The summed E-state index contributed by atoms with van der Waals surface area (Å²) in [5.41, 5.74) is 4.61. The van der Waals surface area contributed by atoms with Gasteiger partial charge in [0, 0.05) is 17.7 Å². The van der Waals surface area contributed by atoms with Gasteiger partial charge >= 0.3 is 0 Å². The minimum absolute atomic E-state index is 0.0207. The van der Waals surface area contributed by atoms with Crippen LogP contribution in [0, 0.1) is 15.5 Å². The van der Waals surface area contributed by atoms with E-state index < -0.39 is 4.92 Å². The van der Waals surface area contributed by atoms with E-state index in [1.165, 1.54) is 29.8 Å². The maximum atomic E-state index is 12.9. The molecule has 7 nitrogen and oxygen atoms in total. The first-order chi connectivity index (χ1) is 15.6. The minimum Gasteiger partial charge on any atom is -0.306 e. The van der Waals surface area contributed by atoms with E-state index in [0.717, 1.165) is 16.6 Å². The first-order valence-corrected chi connectivity index (χ1v) is 10.7. The standard InChI is InChI=1S/C26H26N4O3/c1-26(2,3)20-12-8-18(9-13-20)16-28-22-6-4-5-7-23(22)29(25(28)27)17-24(31)19-10-14-21(15-11-19)30(32)33/h4-15,27H,16-17H2,1-3H3. The Hall–Kier alpha value is -4.00. The lowest BCUT2D eigenvalue weighted by Gasteiger charge is -2.19. The smallest absolute Gasteiger partial charge is 0.269 e. The Morgan fingerprint density at radius 2 is 1.48 bits per heavy atom. The number of nitrogens with zero attached hydrogens (tertiary/aromatic N) is 3. The molecule has 4 aromatic rings. The predicted molar refractivity (Wildman–Crippen MR) is 127 cm³/mol. The summed E-state index contributed by atoms with van der Waals surface area (Å²) < 4.78 is 3.58. The van der Waals surface area contributed by atoms with Crippen LogP contribution in [-0.4, -0.2) is 19.8 Å². The van der Waals surface area contributed by atoms with E-state index in [-0.39, 0.29) is 29.0 Å². The molecule has 0 saturated heterocycles. The highest BCUT2D eigenvalue weighted by molar-refractivity contribution is 5.96. The van der Waals surface area contributed by atoms with E-state index in [9.17, 15) is 14.9 Å². The number of nitro groups is 1. The second-order valence-electron chi connectivity index (χ2n) is 9.16. The Labute approximate surface area is 191 Å². The molecule has 1 heterocycles. The molecule has 0 aliphatic carbocycles. The summed E-state index contributed by atoms with van der Waals surface area (Å²) in [6.45, 7) is 7.02. The number of nitro benzene ring substituents is 1. The number of Topliss-reactive ketones (excluding diaryl/α,β-unsaturated/α-hetero) is 1. The molecular formula is C26H26N4O3. The number of fused-ring (bicyclic) bond motifs is 1. The average Bonchev–Trinajstić information content (AvgIpc) is 3.05. The fraction of sp³-hybridized carbons (Fsp3) is 0.231. The van der Waals surface area contributed by atoms with Crippen LogP contribution >= 0.6 is 0 Å². The molecule has 0 fully saturated rings. The lowest BCUT2D eigenvalue weighted by molar-refractivity contribution is -0.384. The van der Waals surface area contributed by atoms with Crippen LogP contribution in [0.15, 0.2) is 72.8 Å². The molecule has 1 aromatic heterocycles. The SMILES string of the molecule is CC(C)(C)c1ccc(Cn2c(=N)n(CC(=O)c3ccc([N+](=O)[O-])cc3)c3ccccc32)cc1. The zero-order valence-electron chi connectivity index (χ0n) is 18.9. The number of non-ortho nitro benzene ring substituents is 1.